The van der Waals surface area contributed by atoms with Gasteiger partial charge in [-0.25, -0.2) is 4.79 Å². The fourth-order valence-electron chi connectivity index (χ4n) is 2.79. The second-order valence-electron chi connectivity index (χ2n) is 6.58. The highest BCUT2D eigenvalue weighted by atomic mass is 35.5. The average Bonchev–Trinajstić information content (AvgIpc) is 2.98. The molecule has 0 spiro atoms. The minimum absolute atomic E-state index is 0.0700. The molecular weight excluding hydrogens is 425 g/mol. The fraction of sp³-hybridized carbons (Fsp3) is 0.300. The first kappa shape index (κ1) is 21.9. The molecule has 0 atom stereocenters. The van der Waals surface area contributed by atoms with E-state index in [9.17, 15) is 22.8 Å². The lowest BCUT2D eigenvalue weighted by atomic mass is 10.1. The topological polar surface area (TPSA) is 73.5 Å². The van der Waals surface area contributed by atoms with Crippen LogP contribution in [-0.2, 0) is 29.2 Å². The molecule has 3 aromatic rings. The Kier molecular flexibility index (Phi) is 6.84. The molecular formula is C20H18ClF3N2O4. The van der Waals surface area contributed by atoms with Gasteiger partial charge in [0, 0.05) is 30.6 Å². The van der Waals surface area contributed by atoms with Gasteiger partial charge in [0.05, 0.1) is 12.1 Å². The maximum atomic E-state index is 12.1. The van der Waals surface area contributed by atoms with Crippen LogP contribution in [0.4, 0.5) is 13.2 Å². The molecule has 1 amide bonds. The number of fused-ring (bicyclic) bond motifs is 1. The lowest BCUT2D eigenvalue weighted by Gasteiger charge is -2.09. The Hall–Kier alpha value is -2.78. The van der Waals surface area contributed by atoms with E-state index in [0.717, 1.165) is 5.56 Å². The molecule has 0 aliphatic heterocycles. The van der Waals surface area contributed by atoms with Crippen molar-refractivity contribution in [3.8, 4) is 0 Å². The second kappa shape index (κ2) is 9.36. The van der Waals surface area contributed by atoms with Gasteiger partial charge in [0.25, 0.3) is 0 Å². The normalized spacial score (nSPS) is 11.7. The number of halogens is 4. The van der Waals surface area contributed by atoms with Crippen LogP contribution >= 0.6 is 11.6 Å². The zero-order chi connectivity index (χ0) is 21.7. The van der Waals surface area contributed by atoms with Crippen LogP contribution in [0.25, 0.3) is 11.1 Å². The molecule has 1 heterocycles. The predicted molar refractivity (Wildman–Crippen MR) is 104 cm³/mol. The third kappa shape index (κ3) is 6.11. The highest BCUT2D eigenvalue weighted by Crippen LogP contribution is 2.18. The molecule has 0 aliphatic rings. The minimum atomic E-state index is -4.36. The number of oxazole rings is 1. The van der Waals surface area contributed by atoms with Crippen LogP contribution in [0, 0.1) is 0 Å². The van der Waals surface area contributed by atoms with Crippen molar-refractivity contribution >= 4 is 28.6 Å². The van der Waals surface area contributed by atoms with Crippen LogP contribution in [0.15, 0.2) is 51.7 Å². The SMILES string of the molecule is O=C(CCn1c(=O)oc2cc(Cl)ccc21)NCc1ccc(COCC(F)(F)F)cc1. The number of nitrogens with one attached hydrogen (secondary N) is 1. The maximum Gasteiger partial charge on any atom is 0.419 e. The second-order valence-corrected chi connectivity index (χ2v) is 7.02. The molecule has 30 heavy (non-hydrogen) atoms. The van der Waals surface area contributed by atoms with Crippen LogP contribution in [-0.4, -0.2) is 23.3 Å². The van der Waals surface area contributed by atoms with Gasteiger partial charge in [0.2, 0.25) is 5.91 Å². The first-order valence-electron chi connectivity index (χ1n) is 8.99. The first-order chi connectivity index (χ1) is 14.2. The smallest absolute Gasteiger partial charge is 0.408 e. The summed E-state index contributed by atoms with van der Waals surface area (Å²) in [4.78, 5) is 24.1. The number of aryl methyl sites for hydroxylation is 1. The minimum Gasteiger partial charge on any atom is -0.408 e. The van der Waals surface area contributed by atoms with E-state index < -0.39 is 18.5 Å². The Morgan fingerprint density at radius 3 is 2.53 bits per heavy atom. The third-order valence-corrected chi connectivity index (χ3v) is 4.47. The number of rotatable bonds is 8. The summed E-state index contributed by atoms with van der Waals surface area (Å²) in [5, 5.41) is 3.18. The van der Waals surface area contributed by atoms with Crippen LogP contribution in [0.5, 0.6) is 0 Å². The molecule has 0 saturated heterocycles. The number of hydrogen-bond acceptors (Lipinski definition) is 4. The van der Waals surface area contributed by atoms with E-state index in [1.54, 1.807) is 36.4 Å². The molecule has 0 saturated carbocycles. The number of ether oxygens (including phenoxy) is 1. The van der Waals surface area contributed by atoms with Gasteiger partial charge in [-0.3, -0.25) is 9.36 Å². The summed E-state index contributed by atoms with van der Waals surface area (Å²) in [6, 6.07) is 11.5. The third-order valence-electron chi connectivity index (χ3n) is 4.24. The van der Waals surface area contributed by atoms with Gasteiger partial charge in [-0.2, -0.15) is 13.2 Å². The van der Waals surface area contributed by atoms with E-state index >= 15 is 0 Å². The molecule has 0 fully saturated rings. The number of carbonyl (C=O) groups excluding carboxylic acids is 1. The zero-order valence-electron chi connectivity index (χ0n) is 15.7. The molecule has 0 bridgehead atoms. The summed E-state index contributed by atoms with van der Waals surface area (Å²) in [6.45, 7) is -1.05. The van der Waals surface area contributed by atoms with Crippen LogP contribution in [0.1, 0.15) is 17.5 Å². The van der Waals surface area contributed by atoms with E-state index in [1.165, 1.54) is 10.6 Å². The Morgan fingerprint density at radius 1 is 1.13 bits per heavy atom. The van der Waals surface area contributed by atoms with Gasteiger partial charge >= 0.3 is 11.9 Å². The van der Waals surface area contributed by atoms with E-state index in [0.29, 0.717) is 21.7 Å². The van der Waals surface area contributed by atoms with E-state index in [2.05, 4.69) is 10.1 Å². The van der Waals surface area contributed by atoms with Crippen molar-refractivity contribution < 1.29 is 27.1 Å². The molecule has 2 aromatic carbocycles. The highest BCUT2D eigenvalue weighted by molar-refractivity contribution is 6.31. The maximum absolute atomic E-state index is 12.1. The largest absolute Gasteiger partial charge is 0.419 e. The number of alkyl halides is 3. The number of hydrogen-bond donors (Lipinski definition) is 1. The molecule has 6 nitrogen and oxygen atoms in total. The fourth-order valence-corrected chi connectivity index (χ4v) is 2.95. The Morgan fingerprint density at radius 2 is 1.83 bits per heavy atom. The number of aromatic nitrogens is 1. The summed E-state index contributed by atoms with van der Waals surface area (Å²) in [5.41, 5.74) is 2.29. The van der Waals surface area contributed by atoms with Gasteiger partial charge in [-0.05, 0) is 23.3 Å². The van der Waals surface area contributed by atoms with E-state index in [4.69, 9.17) is 16.0 Å². The highest BCUT2D eigenvalue weighted by Gasteiger charge is 2.27. The number of nitrogens with zero attached hydrogens (tertiary/aromatic N) is 1. The predicted octanol–water partition coefficient (Wildman–Crippen LogP) is 4.03. The summed E-state index contributed by atoms with van der Waals surface area (Å²) >= 11 is 5.87. The molecule has 1 aromatic heterocycles. The lowest BCUT2D eigenvalue weighted by molar-refractivity contribution is -0.176. The number of carbonyl (C=O) groups is 1. The quantitative estimate of drug-likeness (QED) is 0.571. The van der Waals surface area contributed by atoms with Gasteiger partial charge in [0.15, 0.2) is 5.58 Å². The van der Waals surface area contributed by atoms with Crippen molar-refractivity contribution in [2.75, 3.05) is 6.61 Å². The summed E-state index contributed by atoms with van der Waals surface area (Å²) in [7, 11) is 0. The van der Waals surface area contributed by atoms with Crippen molar-refractivity contribution in [2.45, 2.75) is 32.3 Å². The Bertz CT molecular complexity index is 1070. The number of amides is 1. The molecule has 0 radical (unpaired) electrons. The number of benzene rings is 2. The molecule has 0 unspecified atom stereocenters. The summed E-state index contributed by atoms with van der Waals surface area (Å²) < 4.78 is 47.3. The Balaban J connectivity index is 1.47. The Labute approximate surface area is 174 Å². The van der Waals surface area contributed by atoms with Gasteiger partial charge in [-0.15, -0.1) is 0 Å². The van der Waals surface area contributed by atoms with Crippen molar-refractivity contribution in [3.05, 3.63) is 69.2 Å². The van der Waals surface area contributed by atoms with E-state index in [1.807, 2.05) is 0 Å². The molecule has 0 aliphatic carbocycles. The molecule has 10 heteroatoms. The van der Waals surface area contributed by atoms with Gasteiger partial charge < -0.3 is 14.5 Å². The lowest BCUT2D eigenvalue weighted by Crippen LogP contribution is -2.25. The van der Waals surface area contributed by atoms with Gasteiger partial charge in [0.1, 0.15) is 6.61 Å². The van der Waals surface area contributed by atoms with Crippen molar-refractivity contribution in [3.63, 3.8) is 0 Å². The molecule has 160 valence electrons. The average molecular weight is 443 g/mol. The van der Waals surface area contributed by atoms with Crippen molar-refractivity contribution in [1.29, 1.82) is 0 Å². The summed E-state index contributed by atoms with van der Waals surface area (Å²) in [6.07, 6.45) is -4.29. The van der Waals surface area contributed by atoms with Gasteiger partial charge in [-0.1, -0.05) is 35.9 Å². The van der Waals surface area contributed by atoms with Crippen LogP contribution in [0.2, 0.25) is 5.02 Å². The monoisotopic (exact) mass is 442 g/mol. The first-order valence-corrected chi connectivity index (χ1v) is 9.37. The van der Waals surface area contributed by atoms with Crippen LogP contribution < -0.4 is 11.1 Å². The van der Waals surface area contributed by atoms with Crippen molar-refractivity contribution in [2.24, 2.45) is 0 Å². The standard InChI is InChI=1S/C20H18ClF3N2O4/c21-15-5-6-16-17(9-15)30-19(28)26(16)8-7-18(27)25-10-13-1-3-14(4-2-13)11-29-12-20(22,23)24/h1-6,9H,7-8,10-12H2,(H,25,27). The van der Waals surface area contributed by atoms with Crippen molar-refractivity contribution in [1.82, 2.24) is 9.88 Å². The van der Waals surface area contributed by atoms with Crippen LogP contribution in [0.3, 0.4) is 0 Å². The van der Waals surface area contributed by atoms with E-state index in [-0.39, 0.29) is 32.0 Å². The molecule has 3 rings (SSSR count). The molecule has 1 N–H and O–H groups in total. The zero-order valence-corrected chi connectivity index (χ0v) is 16.4. The summed E-state index contributed by atoms with van der Waals surface area (Å²) in [5.74, 6) is -0.828.